The Morgan fingerprint density at radius 3 is 2.60 bits per heavy atom. The van der Waals surface area contributed by atoms with E-state index in [1.165, 1.54) is 12.1 Å². The molecule has 2 N–H and O–H groups in total. The van der Waals surface area contributed by atoms with Crippen molar-refractivity contribution in [1.82, 2.24) is 15.5 Å². The van der Waals surface area contributed by atoms with Crippen LogP contribution in [0.2, 0.25) is 0 Å². The van der Waals surface area contributed by atoms with Crippen molar-refractivity contribution in [1.29, 1.82) is 0 Å². The van der Waals surface area contributed by atoms with Gasteiger partial charge >= 0.3 is 0 Å². The van der Waals surface area contributed by atoms with Crippen LogP contribution in [0.4, 0.5) is 5.69 Å². The maximum atomic E-state index is 10.8. The number of morpholine rings is 1. The minimum Gasteiger partial charge on any atom is -0.467 e. The number of hydrogen-bond acceptors (Lipinski definition) is 6. The molecule has 0 aliphatic carbocycles. The normalized spacial score (nSPS) is 15.8. The van der Waals surface area contributed by atoms with Gasteiger partial charge in [-0.3, -0.25) is 15.0 Å². The Balaban J connectivity index is 0.00000320. The second-order valence-electron chi connectivity index (χ2n) is 6.90. The van der Waals surface area contributed by atoms with Gasteiger partial charge in [-0.1, -0.05) is 12.1 Å². The monoisotopic (exact) mass is 529 g/mol. The van der Waals surface area contributed by atoms with Crippen LogP contribution in [0, 0.1) is 10.1 Å². The van der Waals surface area contributed by atoms with Crippen molar-refractivity contribution in [2.24, 2.45) is 4.99 Å². The third-order valence-corrected chi connectivity index (χ3v) is 4.81. The first-order valence-corrected chi connectivity index (χ1v) is 9.71. The van der Waals surface area contributed by atoms with E-state index in [4.69, 9.17) is 9.15 Å². The Labute approximate surface area is 193 Å². The van der Waals surface area contributed by atoms with Gasteiger partial charge in [-0.15, -0.1) is 24.0 Å². The highest BCUT2D eigenvalue weighted by Gasteiger charge is 2.17. The van der Waals surface area contributed by atoms with Crippen LogP contribution in [0.1, 0.15) is 18.2 Å². The number of non-ortho nitro benzene ring substituents is 1. The van der Waals surface area contributed by atoms with Crippen molar-refractivity contribution in [2.45, 2.75) is 26.1 Å². The lowest BCUT2D eigenvalue weighted by molar-refractivity contribution is -0.384. The van der Waals surface area contributed by atoms with Crippen LogP contribution in [0.3, 0.4) is 0 Å². The van der Waals surface area contributed by atoms with Crippen LogP contribution in [0.25, 0.3) is 0 Å². The van der Waals surface area contributed by atoms with E-state index < -0.39 is 4.92 Å². The second-order valence-corrected chi connectivity index (χ2v) is 6.90. The third kappa shape index (κ3) is 7.58. The average Bonchev–Trinajstić information content (AvgIpc) is 3.27. The lowest BCUT2D eigenvalue weighted by atomic mass is 10.2. The number of benzene rings is 1. The lowest BCUT2D eigenvalue weighted by Gasteiger charge is -2.32. The summed E-state index contributed by atoms with van der Waals surface area (Å²) in [5.74, 6) is 1.48. The molecule has 1 aromatic carbocycles. The maximum absolute atomic E-state index is 10.8. The van der Waals surface area contributed by atoms with Crippen LogP contribution >= 0.6 is 24.0 Å². The van der Waals surface area contributed by atoms with Crippen molar-refractivity contribution < 1.29 is 14.1 Å². The molecule has 10 heteroatoms. The number of hydrogen-bond donors (Lipinski definition) is 2. The molecule has 1 atom stereocenters. The number of nitrogens with one attached hydrogen (secondary N) is 2. The molecule has 0 saturated carbocycles. The number of guanidine groups is 1. The average molecular weight is 529 g/mol. The summed E-state index contributed by atoms with van der Waals surface area (Å²) in [6, 6.07) is 10.5. The molecule has 0 spiro atoms. The number of furan rings is 1. The maximum Gasteiger partial charge on any atom is 0.269 e. The van der Waals surface area contributed by atoms with E-state index in [1.807, 2.05) is 12.1 Å². The highest BCUT2D eigenvalue weighted by molar-refractivity contribution is 14.0. The zero-order valence-corrected chi connectivity index (χ0v) is 19.3. The minimum atomic E-state index is -0.405. The molecule has 0 amide bonds. The first-order valence-electron chi connectivity index (χ1n) is 9.71. The first kappa shape index (κ1) is 24.1. The zero-order valence-electron chi connectivity index (χ0n) is 17.0. The van der Waals surface area contributed by atoms with Crippen molar-refractivity contribution in [3.8, 4) is 0 Å². The highest BCUT2D eigenvalue weighted by atomic mass is 127. The smallest absolute Gasteiger partial charge is 0.269 e. The van der Waals surface area contributed by atoms with Gasteiger partial charge in [-0.25, -0.2) is 4.99 Å². The Morgan fingerprint density at radius 2 is 1.97 bits per heavy atom. The summed E-state index contributed by atoms with van der Waals surface area (Å²) in [7, 11) is 0. The lowest BCUT2D eigenvalue weighted by Crippen LogP contribution is -2.49. The molecule has 2 heterocycles. The molecule has 0 bridgehead atoms. The number of nitro groups is 1. The summed E-state index contributed by atoms with van der Waals surface area (Å²) in [6.45, 7) is 7.24. The van der Waals surface area contributed by atoms with Gasteiger partial charge in [0.2, 0.25) is 0 Å². The van der Waals surface area contributed by atoms with Crippen LogP contribution < -0.4 is 10.6 Å². The van der Waals surface area contributed by atoms with Crippen molar-refractivity contribution in [2.75, 3.05) is 32.8 Å². The number of halogens is 1. The predicted octanol–water partition coefficient (Wildman–Crippen LogP) is 2.76. The minimum absolute atomic E-state index is 0. The number of nitrogens with zero attached hydrogens (tertiary/aromatic N) is 3. The second kappa shape index (κ2) is 12.5. The number of aliphatic imine (C=N–C) groups is 1. The van der Waals surface area contributed by atoms with E-state index in [9.17, 15) is 10.1 Å². The largest absolute Gasteiger partial charge is 0.467 e. The van der Waals surface area contributed by atoms with E-state index in [1.54, 1.807) is 18.4 Å². The summed E-state index contributed by atoms with van der Waals surface area (Å²) < 4.78 is 10.8. The van der Waals surface area contributed by atoms with Gasteiger partial charge < -0.3 is 19.8 Å². The van der Waals surface area contributed by atoms with E-state index in [2.05, 4.69) is 27.4 Å². The molecule has 1 aliphatic heterocycles. The molecule has 9 nitrogen and oxygen atoms in total. The molecule has 0 radical (unpaired) electrons. The van der Waals surface area contributed by atoms with Crippen LogP contribution in [-0.2, 0) is 17.8 Å². The molecule has 3 rings (SSSR count). The number of ether oxygens (including phenoxy) is 1. The molecular formula is C20H28IN5O4. The molecule has 1 unspecified atom stereocenters. The van der Waals surface area contributed by atoms with Gasteiger partial charge in [0.05, 0.1) is 37.5 Å². The van der Waals surface area contributed by atoms with Gasteiger partial charge in [0.1, 0.15) is 5.76 Å². The van der Waals surface area contributed by atoms with E-state index in [0.717, 1.165) is 44.2 Å². The molecule has 30 heavy (non-hydrogen) atoms. The Kier molecular flexibility index (Phi) is 10.0. The van der Waals surface area contributed by atoms with Gasteiger partial charge in [-0.2, -0.15) is 0 Å². The molecule has 1 fully saturated rings. The first-order chi connectivity index (χ1) is 14.1. The number of rotatable bonds is 8. The summed E-state index contributed by atoms with van der Waals surface area (Å²) in [5.41, 5.74) is 0.974. The van der Waals surface area contributed by atoms with E-state index >= 15 is 0 Å². The molecule has 1 saturated heterocycles. The summed E-state index contributed by atoms with van der Waals surface area (Å²) in [4.78, 5) is 17.4. The topological polar surface area (TPSA) is 105 Å². The van der Waals surface area contributed by atoms with Gasteiger partial charge in [-0.05, 0) is 24.6 Å². The predicted molar refractivity (Wildman–Crippen MR) is 125 cm³/mol. The van der Waals surface area contributed by atoms with Gasteiger partial charge in [0.25, 0.3) is 5.69 Å². The Morgan fingerprint density at radius 1 is 1.23 bits per heavy atom. The molecule has 1 aliphatic rings. The zero-order chi connectivity index (χ0) is 20.5. The summed E-state index contributed by atoms with van der Waals surface area (Å²) in [6.07, 6.45) is 1.64. The third-order valence-electron chi connectivity index (χ3n) is 4.81. The fourth-order valence-electron chi connectivity index (χ4n) is 3.04. The molecular weight excluding hydrogens is 501 g/mol. The van der Waals surface area contributed by atoms with Gasteiger partial charge in [0, 0.05) is 37.8 Å². The van der Waals surface area contributed by atoms with Gasteiger partial charge in [0.15, 0.2) is 5.96 Å². The molecule has 1 aromatic heterocycles. The quantitative estimate of drug-likeness (QED) is 0.178. The highest BCUT2D eigenvalue weighted by Crippen LogP contribution is 2.12. The Bertz CT molecular complexity index is 792. The van der Waals surface area contributed by atoms with Crippen LogP contribution in [0.15, 0.2) is 52.1 Å². The van der Waals surface area contributed by atoms with Crippen LogP contribution in [-0.4, -0.2) is 54.7 Å². The van der Waals surface area contributed by atoms with E-state index in [0.29, 0.717) is 25.1 Å². The fraction of sp³-hybridized carbons (Fsp3) is 0.450. The molecule has 2 aromatic rings. The van der Waals surface area contributed by atoms with Crippen LogP contribution in [0.5, 0.6) is 0 Å². The summed E-state index contributed by atoms with van der Waals surface area (Å²) >= 11 is 0. The standard InChI is InChI=1S/C20H27N5O4.HI/c1-16(24-8-11-28-12-9-24)13-21-20(23-15-19-3-2-10-29-19)22-14-17-4-6-18(7-5-17)25(26)27;/h2-7,10,16H,8-9,11-15H2,1H3,(H2,21,22,23);1H. The molecule has 164 valence electrons. The summed E-state index contributed by atoms with van der Waals surface area (Å²) in [5, 5.41) is 17.5. The number of nitro benzene ring substituents is 1. The fourth-order valence-corrected chi connectivity index (χ4v) is 3.04. The van der Waals surface area contributed by atoms with E-state index in [-0.39, 0.29) is 29.7 Å². The Hall–Kier alpha value is -2.18. The van der Waals surface area contributed by atoms with Crippen molar-refractivity contribution in [3.63, 3.8) is 0 Å². The SMILES string of the molecule is CC(CNC(=NCc1ccc([N+](=O)[O-])cc1)NCc1ccco1)N1CCOCC1.I. The van der Waals surface area contributed by atoms with Crippen molar-refractivity contribution >= 4 is 35.6 Å². The van der Waals surface area contributed by atoms with Crippen molar-refractivity contribution in [3.05, 3.63) is 64.1 Å².